The van der Waals surface area contributed by atoms with Gasteiger partial charge in [0.2, 0.25) is 0 Å². The molecule has 0 aliphatic heterocycles. The van der Waals surface area contributed by atoms with Gasteiger partial charge in [0.25, 0.3) is 30.4 Å². The molecule has 6 rings (SSSR count). The Hall–Kier alpha value is -3.93. The predicted octanol–water partition coefficient (Wildman–Crippen LogP) is 8.05. The molecule has 10 N–H and O–H groups in total. The molecule has 0 heterocycles. The molecule has 0 saturated heterocycles. The molecule has 27 heteroatoms. The van der Waals surface area contributed by atoms with Crippen LogP contribution in [0.1, 0.15) is 13.8 Å². The average molecular weight is 1000 g/mol. The van der Waals surface area contributed by atoms with Crippen LogP contribution in [-0.2, 0) is 30.4 Å². The Labute approximate surface area is 452 Å². The molecule has 21 nitrogen and oxygen atoms in total. The zero-order valence-electron chi connectivity index (χ0n) is 36.9. The minimum Gasteiger partial charge on any atom is -0.505 e. The van der Waals surface area contributed by atoms with E-state index >= 15 is 0 Å². The minimum atomic E-state index is -5.21. The van der Waals surface area contributed by atoms with Crippen molar-refractivity contribution in [3.05, 3.63) is 103 Å². The van der Waals surface area contributed by atoms with Gasteiger partial charge >= 0.3 is 0 Å². The number of hydrogen-bond donors (Lipinski definition) is 8. The molecule has 0 amide bonds. The molecule has 67 heavy (non-hydrogen) atoms. The Kier molecular flexibility index (Phi) is 21.0. The van der Waals surface area contributed by atoms with Gasteiger partial charge in [0.1, 0.15) is 31.7 Å². The van der Waals surface area contributed by atoms with Crippen molar-refractivity contribution in [1.82, 2.24) is 4.90 Å². The van der Waals surface area contributed by atoms with Crippen LogP contribution in [0.2, 0.25) is 0 Å². The van der Waals surface area contributed by atoms with Crippen LogP contribution in [0.5, 0.6) is 5.75 Å². The van der Waals surface area contributed by atoms with Gasteiger partial charge in [-0.25, -0.2) is 0 Å². The Balaban J connectivity index is 0.00000397. The van der Waals surface area contributed by atoms with Crippen molar-refractivity contribution < 1.29 is 44.0 Å². The molecular formula is C40H41N11Na3O10S3. The number of nitrogens with two attached hydrogens (primary N) is 2. The Bertz CT molecular complexity index is 3170. The molecule has 6 aromatic rings. The summed E-state index contributed by atoms with van der Waals surface area (Å²) >= 11 is 0. The number of nitrogens with one attached hydrogen (secondary N) is 2. The number of benzene rings is 6. The first kappa shape index (κ1) is 57.4. The van der Waals surface area contributed by atoms with E-state index in [1.54, 1.807) is 54.6 Å². The number of likely N-dealkylation sites (N-methyl/N-ethyl adjacent to an activating group) is 1. The van der Waals surface area contributed by atoms with E-state index in [2.05, 4.69) is 60.1 Å². The van der Waals surface area contributed by atoms with E-state index in [9.17, 15) is 44.0 Å². The fourth-order valence-corrected chi connectivity index (χ4v) is 8.23. The molecule has 0 saturated carbocycles. The second-order valence-electron chi connectivity index (χ2n) is 13.7. The summed E-state index contributed by atoms with van der Waals surface area (Å²) in [6.45, 7) is 7.76. The van der Waals surface area contributed by atoms with Gasteiger partial charge in [-0.15, -0.1) is 15.3 Å². The van der Waals surface area contributed by atoms with Crippen molar-refractivity contribution in [2.45, 2.75) is 28.5 Å². The summed E-state index contributed by atoms with van der Waals surface area (Å²) in [6, 6.07) is 24.5. The molecule has 0 aromatic heterocycles. The normalized spacial score (nSPS) is 12.0. The van der Waals surface area contributed by atoms with E-state index in [-0.39, 0.29) is 106 Å². The number of azo groups is 3. The maximum atomic E-state index is 12.6. The van der Waals surface area contributed by atoms with Crippen LogP contribution in [0.3, 0.4) is 0 Å². The maximum absolute atomic E-state index is 12.6. The molecule has 0 bridgehead atoms. The summed E-state index contributed by atoms with van der Waals surface area (Å²) < 4.78 is 105. The predicted molar refractivity (Wildman–Crippen MR) is 259 cm³/mol. The van der Waals surface area contributed by atoms with E-state index in [1.165, 1.54) is 24.3 Å². The van der Waals surface area contributed by atoms with Gasteiger partial charge in [0, 0.05) is 113 Å². The van der Waals surface area contributed by atoms with Crippen LogP contribution in [-0.4, -0.2) is 164 Å². The Morgan fingerprint density at radius 1 is 0.582 bits per heavy atom. The third-order valence-corrected chi connectivity index (χ3v) is 12.1. The van der Waals surface area contributed by atoms with Crippen molar-refractivity contribution in [1.29, 1.82) is 0 Å². The number of phenolic OH excluding ortho intramolecular Hbond substituents is 1. The van der Waals surface area contributed by atoms with Gasteiger partial charge < -0.3 is 32.1 Å². The number of fused-ring (bicyclic) bond motifs is 1. The van der Waals surface area contributed by atoms with E-state index in [4.69, 9.17) is 11.5 Å². The van der Waals surface area contributed by atoms with E-state index < -0.39 is 78.6 Å². The van der Waals surface area contributed by atoms with Gasteiger partial charge in [-0.2, -0.15) is 40.6 Å². The summed E-state index contributed by atoms with van der Waals surface area (Å²) in [6.07, 6.45) is 0. The number of anilines is 5. The Morgan fingerprint density at radius 2 is 1.10 bits per heavy atom. The molecule has 0 spiro atoms. The van der Waals surface area contributed by atoms with Crippen molar-refractivity contribution in [3.8, 4) is 5.75 Å². The van der Waals surface area contributed by atoms with Crippen LogP contribution in [0.25, 0.3) is 10.8 Å². The third kappa shape index (κ3) is 14.8. The molecule has 3 radical (unpaired) electrons. The molecule has 0 atom stereocenters. The first-order valence-electron chi connectivity index (χ1n) is 19.0. The standard InChI is InChI=1S/C40H41N11O10S3.3Na/c1-3-51(4-2)19-18-43-28-14-16-31(30(41)22-28)48-45-27-12-10-25(11-13-27)44-32-17-15-29(23-33(32)62(53,54)55)47-49-38-34(63(56,57)58)20-24-21-35(64(59,60)61)39(40(52)36(24)37(38)42)50-46-26-8-6-5-7-9-26;;;/h5-17,20-23,43-44,52H,3-4,18-19,41-42H2,1-2H3,(H,53,54,55)(H,56,57,58)(H,59,60,61);;;. The van der Waals surface area contributed by atoms with Gasteiger partial charge in [-0.05, 0) is 103 Å². The topological polar surface area (TPSA) is 337 Å². The van der Waals surface area contributed by atoms with E-state index in [1.807, 2.05) is 6.07 Å². The van der Waals surface area contributed by atoms with Crippen molar-refractivity contribution >= 4 is 192 Å². The second kappa shape index (κ2) is 24.6. The van der Waals surface area contributed by atoms with Crippen LogP contribution < -0.4 is 22.1 Å². The molecular weight excluding hydrogens is 960 g/mol. The number of phenols is 1. The van der Waals surface area contributed by atoms with Gasteiger partial charge in [0.05, 0.1) is 39.5 Å². The number of nitrogens with zero attached hydrogens (tertiary/aromatic N) is 7. The minimum absolute atomic E-state index is 0. The fourth-order valence-electron chi connectivity index (χ4n) is 6.24. The smallest absolute Gasteiger partial charge is 0.296 e. The quantitative estimate of drug-likeness (QED) is 0.0185. The SMILES string of the molecule is CCN(CC)CCNc1ccc(N=Nc2ccc(Nc3ccc(N=Nc4c(S(=O)(=O)O)cc5cc(S(=O)(=O)O)c(N=Nc6ccccc6)c(O)c5c4N)cc3S(=O)(=O)O)cc2)c(N)c1.[Na].[Na].[Na]. The van der Waals surface area contributed by atoms with Crippen LogP contribution in [0, 0.1) is 0 Å². The van der Waals surface area contributed by atoms with Gasteiger partial charge in [0.15, 0.2) is 5.75 Å². The summed E-state index contributed by atoms with van der Waals surface area (Å²) in [4.78, 5) is -0.355. The number of nitrogen functional groups attached to an aromatic ring is 2. The van der Waals surface area contributed by atoms with Crippen molar-refractivity contribution in [2.24, 2.45) is 30.7 Å². The fraction of sp³-hybridized carbons (Fsp3) is 0.150. The zero-order valence-corrected chi connectivity index (χ0v) is 45.3. The van der Waals surface area contributed by atoms with Crippen LogP contribution in [0.15, 0.2) is 149 Å². The van der Waals surface area contributed by atoms with E-state index in [0.29, 0.717) is 28.8 Å². The third-order valence-electron chi connectivity index (χ3n) is 9.50. The molecule has 6 aromatic carbocycles. The molecule has 0 aliphatic rings. The summed E-state index contributed by atoms with van der Waals surface area (Å²) in [7, 11) is -15.3. The number of rotatable bonds is 17. The zero-order chi connectivity index (χ0) is 46.4. The number of aromatic hydroxyl groups is 1. The molecule has 0 fully saturated rings. The van der Waals surface area contributed by atoms with Crippen molar-refractivity contribution in [2.75, 3.05) is 48.3 Å². The number of hydrogen-bond acceptors (Lipinski definition) is 18. The van der Waals surface area contributed by atoms with Crippen LogP contribution in [0.4, 0.5) is 62.6 Å². The Morgan fingerprint density at radius 3 is 1.69 bits per heavy atom. The van der Waals surface area contributed by atoms with Crippen molar-refractivity contribution in [3.63, 3.8) is 0 Å². The largest absolute Gasteiger partial charge is 0.505 e. The first-order chi connectivity index (χ1) is 30.3. The maximum Gasteiger partial charge on any atom is 0.296 e. The monoisotopic (exact) mass is 1000 g/mol. The van der Waals surface area contributed by atoms with Gasteiger partial charge in [-0.3, -0.25) is 13.7 Å². The summed E-state index contributed by atoms with van der Waals surface area (Å²) in [5.41, 5.74) is 12.7. The molecule has 0 aliphatic carbocycles. The second-order valence-corrected chi connectivity index (χ2v) is 17.9. The molecule has 337 valence electrons. The summed E-state index contributed by atoms with van der Waals surface area (Å²) in [5.74, 6) is -0.967. The summed E-state index contributed by atoms with van der Waals surface area (Å²) in [5, 5.41) is 40.6. The molecule has 0 unspecified atom stereocenters. The van der Waals surface area contributed by atoms with E-state index in [0.717, 1.165) is 44.0 Å². The van der Waals surface area contributed by atoms with Gasteiger partial charge in [-0.1, -0.05) is 32.0 Å². The first-order valence-corrected chi connectivity index (χ1v) is 23.3. The van der Waals surface area contributed by atoms with Crippen LogP contribution >= 0.6 is 0 Å². The average Bonchev–Trinajstić information content (AvgIpc) is 3.24.